The molecular formula is C8H7F3OS. The van der Waals surface area contributed by atoms with E-state index in [9.17, 15) is 18.0 Å². The molecule has 0 amide bonds. The number of carbonyl (C=O) groups is 1. The van der Waals surface area contributed by atoms with Gasteiger partial charge in [0.1, 0.15) is 0 Å². The number of rotatable bonds is 2. The average Bonchev–Trinajstić information content (AvgIpc) is 2.33. The second-order valence-corrected chi connectivity index (χ2v) is 3.98. The second-order valence-electron chi connectivity index (χ2n) is 2.61. The van der Waals surface area contributed by atoms with Crippen LogP contribution in [0.15, 0.2) is 12.1 Å². The molecule has 0 unspecified atom stereocenters. The Balaban J connectivity index is 2.65. The lowest BCUT2D eigenvalue weighted by atomic mass is 10.2. The summed E-state index contributed by atoms with van der Waals surface area (Å²) in [6.45, 7) is 1.78. The van der Waals surface area contributed by atoms with Crippen LogP contribution < -0.4 is 0 Å². The Morgan fingerprint density at radius 3 is 2.46 bits per heavy atom. The molecule has 0 aliphatic carbocycles. The lowest BCUT2D eigenvalue weighted by Crippen LogP contribution is -2.24. The predicted octanol–water partition coefficient (Wildman–Crippen LogP) is 2.73. The summed E-state index contributed by atoms with van der Waals surface area (Å²) in [5.74, 6) is -1.69. The maximum absolute atomic E-state index is 11.8. The standard InChI is InChI=1S/C8H7F3OS/c1-5-2-3-6(13-5)4-7(12)8(9,10)11/h2-3H,4H2,1H3. The van der Waals surface area contributed by atoms with Gasteiger partial charge in [0, 0.05) is 9.75 Å². The summed E-state index contributed by atoms with van der Waals surface area (Å²) in [5.41, 5.74) is 0. The number of alkyl halides is 3. The van der Waals surface area contributed by atoms with E-state index in [4.69, 9.17) is 0 Å². The highest BCUT2D eigenvalue weighted by Crippen LogP contribution is 2.22. The van der Waals surface area contributed by atoms with Gasteiger partial charge in [0.25, 0.3) is 0 Å². The van der Waals surface area contributed by atoms with Gasteiger partial charge >= 0.3 is 6.18 Å². The molecule has 0 saturated heterocycles. The molecule has 0 N–H and O–H groups in total. The Kier molecular flexibility index (Phi) is 2.75. The molecule has 1 heterocycles. The van der Waals surface area contributed by atoms with Gasteiger partial charge in [-0.1, -0.05) is 0 Å². The molecule has 0 aliphatic heterocycles. The van der Waals surface area contributed by atoms with Gasteiger partial charge in [-0.2, -0.15) is 13.2 Å². The van der Waals surface area contributed by atoms with Gasteiger partial charge in [-0.3, -0.25) is 4.79 Å². The fourth-order valence-electron chi connectivity index (χ4n) is 0.839. The minimum Gasteiger partial charge on any atom is -0.289 e. The number of hydrogen-bond donors (Lipinski definition) is 0. The fraction of sp³-hybridized carbons (Fsp3) is 0.375. The Morgan fingerprint density at radius 1 is 1.46 bits per heavy atom. The Hall–Kier alpha value is -0.840. The highest BCUT2D eigenvalue weighted by atomic mass is 32.1. The first kappa shape index (κ1) is 10.2. The van der Waals surface area contributed by atoms with Crippen LogP contribution in [0.25, 0.3) is 0 Å². The van der Waals surface area contributed by atoms with Crippen molar-refractivity contribution in [2.24, 2.45) is 0 Å². The van der Waals surface area contributed by atoms with E-state index < -0.39 is 18.4 Å². The summed E-state index contributed by atoms with van der Waals surface area (Å²) >= 11 is 1.21. The quantitative estimate of drug-likeness (QED) is 0.730. The highest BCUT2D eigenvalue weighted by Gasteiger charge is 2.37. The van der Waals surface area contributed by atoms with E-state index in [-0.39, 0.29) is 0 Å². The molecule has 13 heavy (non-hydrogen) atoms. The minimum absolute atomic E-state index is 0.458. The van der Waals surface area contributed by atoms with E-state index in [1.165, 1.54) is 11.3 Å². The smallest absolute Gasteiger partial charge is 0.289 e. The van der Waals surface area contributed by atoms with Gasteiger partial charge in [-0.25, -0.2) is 0 Å². The van der Waals surface area contributed by atoms with Gasteiger partial charge in [-0.15, -0.1) is 11.3 Å². The molecule has 1 aromatic heterocycles. The van der Waals surface area contributed by atoms with Crippen LogP contribution in [0.5, 0.6) is 0 Å². The third kappa shape index (κ3) is 2.84. The Morgan fingerprint density at radius 2 is 2.08 bits per heavy atom. The molecular weight excluding hydrogens is 201 g/mol. The van der Waals surface area contributed by atoms with Crippen molar-refractivity contribution in [2.75, 3.05) is 0 Å². The van der Waals surface area contributed by atoms with Crippen molar-refractivity contribution in [3.05, 3.63) is 21.9 Å². The molecule has 72 valence electrons. The third-order valence-corrected chi connectivity index (χ3v) is 2.45. The predicted molar refractivity (Wildman–Crippen MR) is 43.8 cm³/mol. The molecule has 0 spiro atoms. The van der Waals surface area contributed by atoms with E-state index in [0.717, 1.165) is 4.88 Å². The van der Waals surface area contributed by atoms with Crippen LogP contribution in [-0.2, 0) is 11.2 Å². The summed E-state index contributed by atoms with van der Waals surface area (Å²) in [5, 5.41) is 0. The molecule has 1 rings (SSSR count). The van der Waals surface area contributed by atoms with Crippen LogP contribution in [-0.4, -0.2) is 12.0 Å². The summed E-state index contributed by atoms with van der Waals surface area (Å²) < 4.78 is 35.4. The Bertz CT molecular complexity index is 313. The number of hydrogen-bond acceptors (Lipinski definition) is 2. The van der Waals surface area contributed by atoms with Crippen LogP contribution in [0.1, 0.15) is 9.75 Å². The van der Waals surface area contributed by atoms with Gasteiger partial charge in [0.15, 0.2) is 0 Å². The number of halogens is 3. The van der Waals surface area contributed by atoms with Crippen molar-refractivity contribution in [1.82, 2.24) is 0 Å². The second kappa shape index (κ2) is 3.49. The van der Waals surface area contributed by atoms with E-state index >= 15 is 0 Å². The zero-order chi connectivity index (χ0) is 10.1. The zero-order valence-corrected chi connectivity index (χ0v) is 7.63. The van der Waals surface area contributed by atoms with Crippen LogP contribution in [0.3, 0.4) is 0 Å². The SMILES string of the molecule is Cc1ccc(CC(=O)C(F)(F)F)s1. The topological polar surface area (TPSA) is 17.1 Å². The van der Waals surface area contributed by atoms with Gasteiger partial charge in [-0.05, 0) is 19.1 Å². The molecule has 0 saturated carbocycles. The van der Waals surface area contributed by atoms with Crippen LogP contribution in [0, 0.1) is 6.92 Å². The van der Waals surface area contributed by atoms with E-state index in [2.05, 4.69) is 0 Å². The maximum Gasteiger partial charge on any atom is 0.450 e. The van der Waals surface area contributed by atoms with Gasteiger partial charge in [0.2, 0.25) is 5.78 Å². The molecule has 5 heteroatoms. The van der Waals surface area contributed by atoms with Crippen molar-refractivity contribution in [2.45, 2.75) is 19.5 Å². The molecule has 0 aromatic carbocycles. The number of Topliss-reactive ketones (excluding diaryl/α,β-unsaturated/α-hetero) is 1. The largest absolute Gasteiger partial charge is 0.450 e. The molecule has 1 aromatic rings. The monoisotopic (exact) mass is 208 g/mol. The van der Waals surface area contributed by atoms with Crippen molar-refractivity contribution < 1.29 is 18.0 Å². The Labute approximate surface area is 77.2 Å². The van der Waals surface area contributed by atoms with Crippen LogP contribution in [0.2, 0.25) is 0 Å². The van der Waals surface area contributed by atoms with Crippen molar-refractivity contribution >= 4 is 17.1 Å². The van der Waals surface area contributed by atoms with Crippen LogP contribution in [0.4, 0.5) is 13.2 Å². The summed E-state index contributed by atoms with van der Waals surface area (Å²) in [6.07, 6.45) is -5.25. The zero-order valence-electron chi connectivity index (χ0n) is 6.81. The van der Waals surface area contributed by atoms with Crippen molar-refractivity contribution in [3.8, 4) is 0 Å². The van der Waals surface area contributed by atoms with Crippen molar-refractivity contribution in [3.63, 3.8) is 0 Å². The number of ketones is 1. The summed E-state index contributed by atoms with van der Waals surface area (Å²) in [4.78, 5) is 11.9. The number of carbonyl (C=O) groups excluding carboxylic acids is 1. The normalized spacial score (nSPS) is 11.7. The lowest BCUT2D eigenvalue weighted by molar-refractivity contribution is -0.170. The van der Waals surface area contributed by atoms with E-state index in [1.54, 1.807) is 19.1 Å². The van der Waals surface area contributed by atoms with Crippen LogP contribution >= 0.6 is 11.3 Å². The number of aryl methyl sites for hydroxylation is 1. The van der Waals surface area contributed by atoms with E-state index in [0.29, 0.717) is 4.88 Å². The molecule has 0 atom stereocenters. The summed E-state index contributed by atoms with van der Waals surface area (Å²) in [6, 6.07) is 3.24. The average molecular weight is 208 g/mol. The first-order chi connectivity index (χ1) is 5.89. The molecule has 0 fully saturated rings. The first-order valence-corrected chi connectivity index (χ1v) is 4.36. The maximum atomic E-state index is 11.8. The number of thiophene rings is 1. The first-order valence-electron chi connectivity index (χ1n) is 3.55. The van der Waals surface area contributed by atoms with Gasteiger partial charge in [0.05, 0.1) is 6.42 Å². The van der Waals surface area contributed by atoms with Gasteiger partial charge < -0.3 is 0 Å². The molecule has 0 radical (unpaired) electrons. The van der Waals surface area contributed by atoms with E-state index in [1.807, 2.05) is 0 Å². The van der Waals surface area contributed by atoms with Crippen molar-refractivity contribution in [1.29, 1.82) is 0 Å². The third-order valence-electron chi connectivity index (χ3n) is 1.45. The summed E-state index contributed by atoms with van der Waals surface area (Å²) in [7, 11) is 0. The fourth-order valence-corrected chi connectivity index (χ4v) is 1.73. The lowest BCUT2D eigenvalue weighted by Gasteiger charge is -2.02. The molecule has 0 bridgehead atoms. The molecule has 1 nitrogen and oxygen atoms in total. The highest BCUT2D eigenvalue weighted by molar-refractivity contribution is 7.12. The molecule has 0 aliphatic rings. The minimum atomic E-state index is -4.71.